The molecular formula is C26H31N5O6S. The van der Waals surface area contributed by atoms with Gasteiger partial charge < -0.3 is 30.7 Å². The van der Waals surface area contributed by atoms with Gasteiger partial charge in [-0.15, -0.1) is 0 Å². The largest absolute Gasteiger partial charge is 0.497 e. The van der Waals surface area contributed by atoms with E-state index in [1.807, 2.05) is 0 Å². The SMILES string of the molecule is COc1ccc(N(C(=O)c2snc(C(N)=O)c2N)[C@@H](C(=O)NC2CCCCC2)c2ccc(C)o2)c(OC)c1. The lowest BCUT2D eigenvalue weighted by Crippen LogP contribution is -2.47. The Balaban J connectivity index is 1.88. The van der Waals surface area contributed by atoms with Crippen LogP contribution in [0.2, 0.25) is 0 Å². The van der Waals surface area contributed by atoms with E-state index in [0.29, 0.717) is 11.5 Å². The number of hydrogen-bond acceptors (Lipinski definition) is 9. The molecule has 4 rings (SSSR count). The molecule has 12 heteroatoms. The van der Waals surface area contributed by atoms with Crippen molar-refractivity contribution in [3.8, 4) is 11.5 Å². The molecule has 0 unspecified atom stereocenters. The highest BCUT2D eigenvalue weighted by Gasteiger charge is 2.40. The van der Waals surface area contributed by atoms with Crippen LogP contribution in [0, 0.1) is 6.92 Å². The number of aryl methyl sites for hydroxylation is 1. The Morgan fingerprint density at radius 3 is 2.45 bits per heavy atom. The van der Waals surface area contributed by atoms with Crippen LogP contribution in [-0.4, -0.2) is 42.4 Å². The smallest absolute Gasteiger partial charge is 0.273 e. The predicted molar refractivity (Wildman–Crippen MR) is 143 cm³/mol. The molecule has 3 amide bonds. The van der Waals surface area contributed by atoms with Crippen molar-refractivity contribution in [2.45, 2.75) is 51.1 Å². The molecule has 1 aliphatic carbocycles. The Kier molecular flexibility index (Phi) is 8.20. The minimum Gasteiger partial charge on any atom is -0.497 e. The number of nitrogens with zero attached hydrogens (tertiary/aromatic N) is 2. The van der Waals surface area contributed by atoms with Crippen LogP contribution in [0.25, 0.3) is 0 Å². The van der Waals surface area contributed by atoms with Crippen molar-refractivity contribution in [3.63, 3.8) is 0 Å². The minimum absolute atomic E-state index is 0.0283. The third kappa shape index (κ3) is 5.44. The Bertz CT molecular complexity index is 1330. The highest BCUT2D eigenvalue weighted by atomic mass is 32.1. The average Bonchev–Trinajstić information content (AvgIpc) is 3.52. The summed E-state index contributed by atoms with van der Waals surface area (Å²) in [7, 11) is 2.95. The number of methoxy groups -OCH3 is 2. The van der Waals surface area contributed by atoms with E-state index in [1.165, 1.54) is 19.1 Å². The molecule has 0 bridgehead atoms. The predicted octanol–water partition coefficient (Wildman–Crippen LogP) is 3.58. The highest BCUT2D eigenvalue weighted by Crippen LogP contribution is 2.40. The van der Waals surface area contributed by atoms with Crippen LogP contribution in [0.1, 0.15) is 69.8 Å². The van der Waals surface area contributed by atoms with Gasteiger partial charge in [-0.3, -0.25) is 19.3 Å². The highest BCUT2D eigenvalue weighted by molar-refractivity contribution is 7.09. The maximum Gasteiger partial charge on any atom is 0.273 e. The number of nitrogens with two attached hydrogens (primary N) is 2. The van der Waals surface area contributed by atoms with Crippen LogP contribution >= 0.6 is 11.5 Å². The van der Waals surface area contributed by atoms with Gasteiger partial charge in [-0.2, -0.15) is 4.37 Å². The number of ether oxygens (including phenoxy) is 2. The van der Waals surface area contributed by atoms with Crippen LogP contribution in [0.4, 0.5) is 11.4 Å². The summed E-state index contributed by atoms with van der Waals surface area (Å²) in [5.74, 6) is -0.375. The molecular weight excluding hydrogens is 510 g/mol. The number of nitrogens with one attached hydrogen (secondary N) is 1. The molecule has 202 valence electrons. The monoisotopic (exact) mass is 541 g/mol. The summed E-state index contributed by atoms with van der Waals surface area (Å²) >= 11 is 0.727. The summed E-state index contributed by atoms with van der Waals surface area (Å²) in [6, 6.07) is 6.98. The first-order chi connectivity index (χ1) is 18.2. The Morgan fingerprint density at radius 2 is 1.87 bits per heavy atom. The van der Waals surface area contributed by atoms with Crippen molar-refractivity contribution >= 4 is 40.6 Å². The van der Waals surface area contributed by atoms with Gasteiger partial charge in [0.05, 0.1) is 25.6 Å². The quantitative estimate of drug-likeness (QED) is 0.370. The van der Waals surface area contributed by atoms with Crippen LogP contribution in [0.3, 0.4) is 0 Å². The van der Waals surface area contributed by atoms with Gasteiger partial charge in [-0.25, -0.2) is 0 Å². The number of carbonyl (C=O) groups excluding carboxylic acids is 3. The van der Waals surface area contributed by atoms with E-state index in [0.717, 1.165) is 43.6 Å². The van der Waals surface area contributed by atoms with Crippen LogP contribution < -0.4 is 31.2 Å². The third-order valence-corrected chi connectivity index (χ3v) is 7.36. The number of benzene rings is 1. The number of carbonyl (C=O) groups is 3. The zero-order chi connectivity index (χ0) is 27.4. The molecule has 0 spiro atoms. The second kappa shape index (κ2) is 11.5. The van der Waals surface area contributed by atoms with Crippen molar-refractivity contribution in [2.75, 3.05) is 24.9 Å². The van der Waals surface area contributed by atoms with Gasteiger partial charge in [0, 0.05) is 12.1 Å². The summed E-state index contributed by atoms with van der Waals surface area (Å²) < 4.78 is 20.8. The third-order valence-electron chi connectivity index (χ3n) is 6.51. The van der Waals surface area contributed by atoms with Crippen molar-refractivity contribution in [1.29, 1.82) is 0 Å². The normalized spacial score (nSPS) is 14.5. The lowest BCUT2D eigenvalue weighted by atomic mass is 9.95. The molecule has 1 saturated carbocycles. The zero-order valence-corrected chi connectivity index (χ0v) is 22.3. The van der Waals surface area contributed by atoms with Crippen LogP contribution in [0.5, 0.6) is 11.5 Å². The molecule has 3 aromatic rings. The number of nitrogen functional groups attached to an aromatic ring is 1. The lowest BCUT2D eigenvalue weighted by Gasteiger charge is -2.32. The molecule has 11 nitrogen and oxygen atoms in total. The molecule has 1 fully saturated rings. The summed E-state index contributed by atoms with van der Waals surface area (Å²) in [4.78, 5) is 41.2. The molecule has 1 aromatic carbocycles. The van der Waals surface area contributed by atoms with Gasteiger partial charge in [0.2, 0.25) is 0 Å². The number of aromatic nitrogens is 1. The summed E-state index contributed by atoms with van der Waals surface area (Å²) in [5, 5.41) is 3.11. The second-order valence-electron chi connectivity index (χ2n) is 9.05. The number of amides is 3. The maximum absolute atomic E-state index is 14.2. The standard InChI is InChI=1S/C26H31N5O6S/c1-14-9-12-18(37-14)22(25(33)29-15-7-5-4-6-8-15)31(17-11-10-16(35-2)13-19(17)36-3)26(34)23-20(27)21(24(28)32)30-38-23/h9-13,15,22H,4-8,27H2,1-3H3,(H2,28,32)(H,29,33)/t22-/m1/s1. The Morgan fingerprint density at radius 1 is 1.13 bits per heavy atom. The van der Waals surface area contributed by atoms with Crippen molar-refractivity contribution in [1.82, 2.24) is 9.69 Å². The molecule has 0 aliphatic heterocycles. The van der Waals surface area contributed by atoms with E-state index in [4.69, 9.17) is 25.4 Å². The minimum atomic E-state index is -1.22. The molecule has 1 aliphatic rings. The van der Waals surface area contributed by atoms with E-state index in [9.17, 15) is 14.4 Å². The fraction of sp³-hybridized carbons (Fsp3) is 0.385. The summed E-state index contributed by atoms with van der Waals surface area (Å²) in [6.07, 6.45) is 4.83. The van der Waals surface area contributed by atoms with Crippen LogP contribution in [0.15, 0.2) is 34.7 Å². The fourth-order valence-corrected chi connectivity index (χ4v) is 5.33. The Labute approximate surface area is 224 Å². The van der Waals surface area contributed by atoms with Gasteiger partial charge in [0.15, 0.2) is 11.7 Å². The Hall–Kier alpha value is -4.06. The molecule has 0 radical (unpaired) electrons. The van der Waals surface area contributed by atoms with E-state index >= 15 is 0 Å². The first-order valence-electron chi connectivity index (χ1n) is 12.2. The van der Waals surface area contributed by atoms with E-state index in [-0.39, 0.29) is 39.5 Å². The summed E-state index contributed by atoms with van der Waals surface area (Å²) in [5.41, 5.74) is 11.4. The number of hydrogen-bond donors (Lipinski definition) is 3. The van der Waals surface area contributed by atoms with Crippen molar-refractivity contribution in [2.24, 2.45) is 5.73 Å². The molecule has 5 N–H and O–H groups in total. The first kappa shape index (κ1) is 27.0. The maximum atomic E-state index is 14.2. The number of furan rings is 1. The molecule has 38 heavy (non-hydrogen) atoms. The van der Waals surface area contributed by atoms with Gasteiger partial charge >= 0.3 is 0 Å². The topological polar surface area (TPSA) is 163 Å². The average molecular weight is 542 g/mol. The molecule has 2 aromatic heterocycles. The number of primary amides is 1. The van der Waals surface area contributed by atoms with E-state index in [1.54, 1.807) is 37.3 Å². The zero-order valence-electron chi connectivity index (χ0n) is 21.5. The van der Waals surface area contributed by atoms with Gasteiger partial charge in [-0.05, 0) is 55.6 Å². The van der Waals surface area contributed by atoms with E-state index in [2.05, 4.69) is 9.69 Å². The molecule has 0 saturated heterocycles. The molecule has 2 heterocycles. The van der Waals surface area contributed by atoms with Gasteiger partial charge in [-0.1, -0.05) is 19.3 Å². The fourth-order valence-electron chi connectivity index (χ4n) is 4.59. The van der Waals surface area contributed by atoms with Crippen LogP contribution in [-0.2, 0) is 4.79 Å². The van der Waals surface area contributed by atoms with Gasteiger partial charge in [0.1, 0.15) is 27.9 Å². The van der Waals surface area contributed by atoms with Crippen molar-refractivity contribution < 1.29 is 28.3 Å². The summed E-state index contributed by atoms with van der Waals surface area (Å²) in [6.45, 7) is 1.75. The van der Waals surface area contributed by atoms with Gasteiger partial charge in [0.25, 0.3) is 17.7 Å². The molecule has 1 atom stereocenters. The van der Waals surface area contributed by atoms with Crippen molar-refractivity contribution in [3.05, 3.63) is 52.4 Å². The first-order valence-corrected chi connectivity index (χ1v) is 13.0. The van der Waals surface area contributed by atoms with E-state index < -0.39 is 23.8 Å². The number of anilines is 2. The second-order valence-corrected chi connectivity index (χ2v) is 9.82. The lowest BCUT2D eigenvalue weighted by molar-refractivity contribution is -0.123. The number of rotatable bonds is 9.